The van der Waals surface area contributed by atoms with Crippen LogP contribution in [0.15, 0.2) is 58.8 Å². The fourth-order valence-electron chi connectivity index (χ4n) is 4.05. The molecule has 2 fully saturated rings. The van der Waals surface area contributed by atoms with Gasteiger partial charge in [0.15, 0.2) is 0 Å². The maximum absolute atomic E-state index is 13.0. The van der Waals surface area contributed by atoms with Crippen molar-refractivity contribution in [1.29, 1.82) is 0 Å². The van der Waals surface area contributed by atoms with Crippen molar-refractivity contribution in [3.63, 3.8) is 0 Å². The molecule has 8 heteroatoms. The van der Waals surface area contributed by atoms with Gasteiger partial charge in [-0.1, -0.05) is 34.1 Å². The highest BCUT2D eigenvalue weighted by Gasteiger charge is 2.45. The first-order valence-corrected chi connectivity index (χ1v) is 11.1. The Bertz CT molecular complexity index is 972. The van der Waals surface area contributed by atoms with E-state index in [0.717, 1.165) is 30.5 Å². The normalized spacial score (nSPS) is 21.6. The molecule has 3 heterocycles. The number of halogens is 1. The number of amides is 1. The lowest BCUT2D eigenvalue weighted by Gasteiger charge is -2.29. The lowest BCUT2D eigenvalue weighted by molar-refractivity contribution is -0.140. The van der Waals surface area contributed by atoms with Crippen molar-refractivity contribution < 1.29 is 19.4 Å². The summed E-state index contributed by atoms with van der Waals surface area (Å²) in [5.41, 5.74) is 1.29. The molecule has 0 radical (unpaired) electrons. The molecule has 1 unspecified atom stereocenters. The predicted octanol–water partition coefficient (Wildman–Crippen LogP) is 2.99. The van der Waals surface area contributed by atoms with Crippen molar-refractivity contribution in [2.75, 3.05) is 39.4 Å². The molecule has 2 aliphatic heterocycles. The summed E-state index contributed by atoms with van der Waals surface area (Å²) in [6.07, 6.45) is 4.01. The quantitative estimate of drug-likeness (QED) is 0.384. The summed E-state index contributed by atoms with van der Waals surface area (Å²) >= 11 is 3.37. The Morgan fingerprint density at radius 2 is 1.87 bits per heavy atom. The molecule has 4 rings (SSSR count). The van der Waals surface area contributed by atoms with Gasteiger partial charge in [-0.05, 0) is 30.2 Å². The van der Waals surface area contributed by atoms with Crippen molar-refractivity contribution in [3.05, 3.63) is 70.0 Å². The highest BCUT2D eigenvalue weighted by atomic mass is 79.9. The van der Waals surface area contributed by atoms with Crippen LogP contribution >= 0.6 is 15.9 Å². The van der Waals surface area contributed by atoms with E-state index in [-0.39, 0.29) is 11.3 Å². The molecular weight excluding hydrogens is 462 g/mol. The highest BCUT2D eigenvalue weighted by Crippen LogP contribution is 2.39. The number of rotatable bonds is 6. The zero-order valence-electron chi connectivity index (χ0n) is 17.0. The lowest BCUT2D eigenvalue weighted by atomic mass is 9.96. The second-order valence-electron chi connectivity index (χ2n) is 7.59. The summed E-state index contributed by atoms with van der Waals surface area (Å²) in [6.45, 7) is 4.40. The van der Waals surface area contributed by atoms with Gasteiger partial charge in [-0.25, -0.2) is 0 Å². The number of benzene rings is 1. The van der Waals surface area contributed by atoms with Crippen molar-refractivity contribution >= 4 is 33.4 Å². The van der Waals surface area contributed by atoms with Gasteiger partial charge >= 0.3 is 0 Å². The Kier molecular flexibility index (Phi) is 6.80. The van der Waals surface area contributed by atoms with Gasteiger partial charge in [-0.3, -0.25) is 19.5 Å². The third-order valence-electron chi connectivity index (χ3n) is 5.63. The average Bonchev–Trinajstić information content (AvgIpc) is 3.05. The first kappa shape index (κ1) is 21.7. The average molecular weight is 486 g/mol. The number of aliphatic hydroxyl groups is 1. The third-order valence-corrected chi connectivity index (χ3v) is 6.16. The Hall–Kier alpha value is -2.55. The second kappa shape index (κ2) is 9.72. The molecular formula is C23H24BrN3O4. The number of pyridine rings is 1. The number of ketones is 1. The van der Waals surface area contributed by atoms with Gasteiger partial charge in [0, 0.05) is 48.6 Å². The largest absolute Gasteiger partial charge is 0.507 e. The molecule has 1 atom stereocenters. The van der Waals surface area contributed by atoms with Crippen molar-refractivity contribution in [2.24, 2.45) is 0 Å². The van der Waals surface area contributed by atoms with E-state index in [2.05, 4.69) is 25.8 Å². The van der Waals surface area contributed by atoms with Crippen LogP contribution in [0.3, 0.4) is 0 Å². The molecule has 31 heavy (non-hydrogen) atoms. The molecule has 2 aliphatic rings. The maximum atomic E-state index is 13.0. The van der Waals surface area contributed by atoms with E-state index >= 15 is 0 Å². The van der Waals surface area contributed by atoms with E-state index < -0.39 is 17.7 Å². The predicted molar refractivity (Wildman–Crippen MR) is 119 cm³/mol. The fourth-order valence-corrected chi connectivity index (χ4v) is 4.31. The number of likely N-dealkylation sites (tertiary alicyclic amines) is 1. The molecule has 0 spiro atoms. The SMILES string of the molecule is O=C1C(=O)N(CCCN2CCOCC2)C(c2cccnc2)C1=C(O)c1ccc(Br)cc1. The number of aliphatic hydroxyl groups excluding tert-OH is 1. The molecule has 2 saturated heterocycles. The van der Waals surface area contributed by atoms with Crippen molar-refractivity contribution in [1.82, 2.24) is 14.8 Å². The lowest BCUT2D eigenvalue weighted by Crippen LogP contribution is -2.39. The zero-order chi connectivity index (χ0) is 21.8. The molecule has 0 aliphatic carbocycles. The van der Waals surface area contributed by atoms with Gasteiger partial charge in [-0.15, -0.1) is 0 Å². The first-order chi connectivity index (χ1) is 15.1. The van der Waals surface area contributed by atoms with E-state index in [0.29, 0.717) is 30.9 Å². The minimum Gasteiger partial charge on any atom is -0.507 e. The summed E-state index contributed by atoms with van der Waals surface area (Å²) < 4.78 is 6.24. The van der Waals surface area contributed by atoms with Gasteiger partial charge in [-0.2, -0.15) is 0 Å². The summed E-state index contributed by atoms with van der Waals surface area (Å²) in [4.78, 5) is 33.9. The smallest absolute Gasteiger partial charge is 0.295 e. The molecule has 2 aromatic rings. The summed E-state index contributed by atoms with van der Waals surface area (Å²) in [5, 5.41) is 11.0. The number of aromatic nitrogens is 1. The van der Waals surface area contributed by atoms with Crippen molar-refractivity contribution in [2.45, 2.75) is 12.5 Å². The minimum atomic E-state index is -0.666. The van der Waals surface area contributed by atoms with Crippen LogP contribution in [-0.2, 0) is 14.3 Å². The number of ether oxygens (including phenoxy) is 1. The van der Waals surface area contributed by atoms with Crippen LogP contribution in [0, 0.1) is 0 Å². The molecule has 7 nitrogen and oxygen atoms in total. The van der Waals surface area contributed by atoms with E-state index in [1.807, 2.05) is 6.07 Å². The van der Waals surface area contributed by atoms with Gasteiger partial charge in [0.25, 0.3) is 11.7 Å². The molecule has 1 aromatic carbocycles. The van der Waals surface area contributed by atoms with Gasteiger partial charge in [0.1, 0.15) is 5.76 Å². The van der Waals surface area contributed by atoms with Crippen LogP contribution in [0.5, 0.6) is 0 Å². The molecule has 1 aromatic heterocycles. The summed E-state index contributed by atoms with van der Waals surface area (Å²) in [5.74, 6) is -1.43. The number of hydrogen-bond donors (Lipinski definition) is 1. The number of carbonyl (C=O) groups excluding carboxylic acids is 2. The Morgan fingerprint density at radius 3 is 2.55 bits per heavy atom. The number of carbonyl (C=O) groups is 2. The monoisotopic (exact) mass is 485 g/mol. The van der Waals surface area contributed by atoms with Gasteiger partial charge < -0.3 is 14.7 Å². The molecule has 0 saturated carbocycles. The van der Waals surface area contributed by atoms with Crippen LogP contribution in [-0.4, -0.2) is 71.0 Å². The van der Waals surface area contributed by atoms with Crippen LogP contribution in [0.25, 0.3) is 5.76 Å². The Morgan fingerprint density at radius 1 is 1.13 bits per heavy atom. The second-order valence-corrected chi connectivity index (χ2v) is 8.51. The maximum Gasteiger partial charge on any atom is 0.295 e. The molecule has 0 bridgehead atoms. The van der Waals surface area contributed by atoms with Gasteiger partial charge in [0.05, 0.1) is 24.8 Å². The summed E-state index contributed by atoms with van der Waals surface area (Å²) in [6, 6.07) is 9.92. The fraction of sp³-hybridized carbons (Fsp3) is 0.348. The topological polar surface area (TPSA) is 83.0 Å². The Labute approximate surface area is 189 Å². The standard InChI is InChI=1S/C23H24BrN3O4/c24-18-6-4-16(5-7-18)21(28)19-20(17-3-1-8-25-15-17)27(23(30)22(19)29)10-2-9-26-11-13-31-14-12-26/h1,3-8,15,20,28H,2,9-14H2. The number of morpholine rings is 1. The van der Waals surface area contributed by atoms with Crippen LogP contribution < -0.4 is 0 Å². The number of Topliss-reactive ketones (excluding diaryl/α,β-unsaturated/α-hetero) is 1. The van der Waals surface area contributed by atoms with Gasteiger partial charge in [0.2, 0.25) is 0 Å². The number of hydrogen-bond acceptors (Lipinski definition) is 6. The van der Waals surface area contributed by atoms with E-state index in [9.17, 15) is 14.7 Å². The van der Waals surface area contributed by atoms with E-state index in [1.54, 1.807) is 47.6 Å². The number of nitrogens with zero attached hydrogens (tertiary/aromatic N) is 3. The molecule has 1 N–H and O–H groups in total. The molecule has 1 amide bonds. The van der Waals surface area contributed by atoms with Crippen LogP contribution in [0.4, 0.5) is 0 Å². The Balaban J connectivity index is 1.64. The highest BCUT2D eigenvalue weighted by molar-refractivity contribution is 9.10. The molecule has 162 valence electrons. The summed E-state index contributed by atoms with van der Waals surface area (Å²) in [7, 11) is 0. The zero-order valence-corrected chi connectivity index (χ0v) is 18.6. The van der Waals surface area contributed by atoms with Crippen LogP contribution in [0.1, 0.15) is 23.6 Å². The van der Waals surface area contributed by atoms with Crippen molar-refractivity contribution in [3.8, 4) is 0 Å². The van der Waals surface area contributed by atoms with E-state index in [1.165, 1.54) is 0 Å². The van der Waals surface area contributed by atoms with E-state index in [4.69, 9.17) is 4.74 Å². The third kappa shape index (κ3) is 4.71. The minimum absolute atomic E-state index is 0.103. The van der Waals surface area contributed by atoms with Crippen LogP contribution in [0.2, 0.25) is 0 Å². The first-order valence-electron chi connectivity index (χ1n) is 10.3.